The second-order valence-corrected chi connectivity index (χ2v) is 5.02. The summed E-state index contributed by atoms with van der Waals surface area (Å²) in [4.78, 5) is 0. The van der Waals surface area contributed by atoms with E-state index in [1.54, 1.807) is 13.2 Å². The molecule has 0 aliphatic carbocycles. The molecule has 0 saturated carbocycles. The fraction of sp³-hybridized carbons (Fsp3) is 0.200. The Hall–Kier alpha value is -1.22. The highest BCUT2D eigenvalue weighted by Crippen LogP contribution is 2.34. The monoisotopic (exact) mass is 295 g/mol. The zero-order chi connectivity index (χ0) is 13.8. The van der Waals surface area contributed by atoms with Gasteiger partial charge in [-0.15, -0.1) is 0 Å². The number of hydrogen-bond acceptors (Lipinski definition) is 2. The van der Waals surface area contributed by atoms with Crippen LogP contribution in [0.2, 0.25) is 10.0 Å². The van der Waals surface area contributed by atoms with Crippen molar-refractivity contribution in [2.75, 3.05) is 13.7 Å². The molecule has 0 radical (unpaired) electrons. The number of benzene rings is 2. The molecule has 2 nitrogen and oxygen atoms in total. The highest BCUT2D eigenvalue weighted by Gasteiger charge is 2.09. The van der Waals surface area contributed by atoms with Gasteiger partial charge in [0.25, 0.3) is 0 Å². The molecule has 0 heterocycles. The van der Waals surface area contributed by atoms with Crippen molar-refractivity contribution in [1.29, 1.82) is 0 Å². The fourth-order valence-electron chi connectivity index (χ4n) is 1.97. The summed E-state index contributed by atoms with van der Waals surface area (Å²) in [6.07, 6.45) is 0.832. The standard InChI is InChI=1S/C15H15Cl2NO/c1-19-15-5-2-10(6-7-18)8-12(15)11-3-4-13(16)14(17)9-11/h2-5,8-9H,6-7,18H2,1H3. The molecule has 2 aromatic rings. The Morgan fingerprint density at radius 2 is 1.84 bits per heavy atom. The van der Waals surface area contributed by atoms with E-state index in [0.717, 1.165) is 23.3 Å². The number of halogens is 2. The van der Waals surface area contributed by atoms with Crippen LogP contribution in [0.25, 0.3) is 11.1 Å². The zero-order valence-corrected chi connectivity index (χ0v) is 12.1. The minimum atomic E-state index is 0.533. The minimum absolute atomic E-state index is 0.533. The quantitative estimate of drug-likeness (QED) is 0.919. The van der Waals surface area contributed by atoms with Gasteiger partial charge in [0.05, 0.1) is 17.2 Å². The summed E-state index contributed by atoms with van der Waals surface area (Å²) >= 11 is 12.0. The Balaban J connectivity index is 2.51. The molecule has 0 unspecified atom stereocenters. The first-order chi connectivity index (χ1) is 9.15. The van der Waals surface area contributed by atoms with Gasteiger partial charge in [-0.05, 0) is 48.4 Å². The lowest BCUT2D eigenvalue weighted by Gasteiger charge is -2.11. The van der Waals surface area contributed by atoms with Crippen molar-refractivity contribution in [2.24, 2.45) is 5.73 Å². The molecule has 0 atom stereocenters. The van der Waals surface area contributed by atoms with Gasteiger partial charge in [0.2, 0.25) is 0 Å². The van der Waals surface area contributed by atoms with Crippen LogP contribution in [0.5, 0.6) is 5.75 Å². The maximum absolute atomic E-state index is 6.07. The summed E-state index contributed by atoms with van der Waals surface area (Å²) in [5.74, 6) is 0.805. The van der Waals surface area contributed by atoms with E-state index < -0.39 is 0 Å². The highest BCUT2D eigenvalue weighted by molar-refractivity contribution is 6.42. The van der Waals surface area contributed by atoms with Gasteiger partial charge in [0.15, 0.2) is 0 Å². The lowest BCUT2D eigenvalue weighted by Crippen LogP contribution is -2.03. The van der Waals surface area contributed by atoms with Crippen LogP contribution in [0, 0.1) is 0 Å². The van der Waals surface area contributed by atoms with Crippen LogP contribution in [-0.4, -0.2) is 13.7 Å². The second-order valence-electron chi connectivity index (χ2n) is 4.20. The molecule has 2 aromatic carbocycles. The smallest absolute Gasteiger partial charge is 0.126 e. The van der Waals surface area contributed by atoms with E-state index >= 15 is 0 Å². The first kappa shape index (κ1) is 14.2. The molecule has 4 heteroatoms. The van der Waals surface area contributed by atoms with Gasteiger partial charge in [-0.1, -0.05) is 35.3 Å². The average molecular weight is 296 g/mol. The van der Waals surface area contributed by atoms with E-state index in [2.05, 4.69) is 6.07 Å². The molecular formula is C15H15Cl2NO. The van der Waals surface area contributed by atoms with Crippen molar-refractivity contribution in [2.45, 2.75) is 6.42 Å². The topological polar surface area (TPSA) is 35.2 Å². The molecule has 0 fully saturated rings. The maximum atomic E-state index is 6.07. The third kappa shape index (κ3) is 3.21. The van der Waals surface area contributed by atoms with E-state index in [1.165, 1.54) is 5.56 Å². The van der Waals surface area contributed by atoms with Gasteiger partial charge in [0, 0.05) is 5.56 Å². The van der Waals surface area contributed by atoms with Crippen LogP contribution in [-0.2, 0) is 6.42 Å². The SMILES string of the molecule is COc1ccc(CCN)cc1-c1ccc(Cl)c(Cl)c1. The minimum Gasteiger partial charge on any atom is -0.496 e. The molecule has 2 rings (SSSR count). The molecule has 0 bridgehead atoms. The number of methoxy groups -OCH3 is 1. The summed E-state index contributed by atoms with van der Waals surface area (Å²) in [5, 5.41) is 1.08. The van der Waals surface area contributed by atoms with Gasteiger partial charge in [-0.2, -0.15) is 0 Å². The van der Waals surface area contributed by atoms with Crippen molar-refractivity contribution in [3.63, 3.8) is 0 Å². The molecule has 0 saturated heterocycles. The van der Waals surface area contributed by atoms with E-state index in [0.29, 0.717) is 16.6 Å². The Bertz CT molecular complexity index is 584. The first-order valence-corrected chi connectivity index (χ1v) is 6.73. The Kier molecular flexibility index (Phi) is 4.70. The van der Waals surface area contributed by atoms with E-state index in [4.69, 9.17) is 33.7 Å². The number of ether oxygens (including phenoxy) is 1. The number of hydrogen-bond donors (Lipinski definition) is 1. The van der Waals surface area contributed by atoms with Crippen molar-refractivity contribution in [1.82, 2.24) is 0 Å². The van der Waals surface area contributed by atoms with E-state index in [1.807, 2.05) is 24.3 Å². The molecular weight excluding hydrogens is 281 g/mol. The van der Waals surface area contributed by atoms with Gasteiger partial charge in [-0.3, -0.25) is 0 Å². The Morgan fingerprint density at radius 1 is 1.05 bits per heavy atom. The van der Waals surface area contributed by atoms with Crippen molar-refractivity contribution in [3.05, 3.63) is 52.0 Å². The summed E-state index contributed by atoms with van der Waals surface area (Å²) in [7, 11) is 1.65. The van der Waals surface area contributed by atoms with E-state index in [9.17, 15) is 0 Å². The van der Waals surface area contributed by atoms with Crippen LogP contribution in [0.1, 0.15) is 5.56 Å². The fourth-order valence-corrected chi connectivity index (χ4v) is 2.26. The summed E-state index contributed by atoms with van der Waals surface area (Å²) in [5.41, 5.74) is 8.73. The van der Waals surface area contributed by atoms with Crippen molar-refractivity contribution in [3.8, 4) is 16.9 Å². The second kappa shape index (κ2) is 6.29. The molecule has 0 amide bonds. The van der Waals surface area contributed by atoms with Gasteiger partial charge in [-0.25, -0.2) is 0 Å². The predicted octanol–water partition coefficient (Wildman–Crippen LogP) is 4.17. The zero-order valence-electron chi connectivity index (χ0n) is 10.6. The van der Waals surface area contributed by atoms with Crippen LogP contribution in [0.3, 0.4) is 0 Å². The molecule has 100 valence electrons. The van der Waals surface area contributed by atoms with Crippen LogP contribution in [0.4, 0.5) is 0 Å². The van der Waals surface area contributed by atoms with Crippen molar-refractivity contribution >= 4 is 23.2 Å². The Labute approximate surface area is 123 Å². The van der Waals surface area contributed by atoms with Crippen LogP contribution >= 0.6 is 23.2 Å². The lowest BCUT2D eigenvalue weighted by molar-refractivity contribution is 0.416. The van der Waals surface area contributed by atoms with Gasteiger partial charge < -0.3 is 10.5 Å². The average Bonchev–Trinajstić information content (AvgIpc) is 2.42. The molecule has 0 spiro atoms. The molecule has 2 N–H and O–H groups in total. The third-order valence-electron chi connectivity index (χ3n) is 2.93. The largest absolute Gasteiger partial charge is 0.496 e. The normalized spacial score (nSPS) is 10.5. The molecule has 0 aliphatic heterocycles. The van der Waals surface area contributed by atoms with Gasteiger partial charge in [0.1, 0.15) is 5.75 Å². The van der Waals surface area contributed by atoms with Gasteiger partial charge >= 0.3 is 0 Å². The van der Waals surface area contributed by atoms with Crippen LogP contribution < -0.4 is 10.5 Å². The summed E-state index contributed by atoms with van der Waals surface area (Å²) in [6.45, 7) is 0.618. The molecule has 0 aliphatic rings. The summed E-state index contributed by atoms with van der Waals surface area (Å²) < 4.78 is 5.40. The predicted molar refractivity (Wildman–Crippen MR) is 81.2 cm³/mol. The third-order valence-corrected chi connectivity index (χ3v) is 3.67. The van der Waals surface area contributed by atoms with Crippen LogP contribution in [0.15, 0.2) is 36.4 Å². The Morgan fingerprint density at radius 3 is 2.47 bits per heavy atom. The molecule has 19 heavy (non-hydrogen) atoms. The summed E-state index contributed by atoms with van der Waals surface area (Å²) in [6, 6.07) is 11.6. The van der Waals surface area contributed by atoms with E-state index in [-0.39, 0.29) is 0 Å². The number of rotatable bonds is 4. The number of nitrogens with two attached hydrogens (primary N) is 1. The first-order valence-electron chi connectivity index (χ1n) is 5.98. The lowest BCUT2D eigenvalue weighted by atomic mass is 10.0. The highest BCUT2D eigenvalue weighted by atomic mass is 35.5. The van der Waals surface area contributed by atoms with Crippen molar-refractivity contribution < 1.29 is 4.74 Å². The maximum Gasteiger partial charge on any atom is 0.126 e. The molecule has 0 aromatic heterocycles.